The summed E-state index contributed by atoms with van der Waals surface area (Å²) in [5.41, 5.74) is 0. The van der Waals surface area contributed by atoms with Crippen LogP contribution in [0.3, 0.4) is 0 Å². The number of nitrogens with one attached hydrogen (secondary N) is 2. The molecular weight excluding hydrogens is 216 g/mol. The molecule has 4 nitrogen and oxygen atoms in total. The molecule has 0 bridgehead atoms. The summed E-state index contributed by atoms with van der Waals surface area (Å²) in [6.07, 6.45) is 0. The summed E-state index contributed by atoms with van der Waals surface area (Å²) in [5.74, 6) is 2.33. The number of carbonyl (C=O) groups excluding carboxylic acids is 1. The van der Waals surface area contributed by atoms with Crippen LogP contribution in [0, 0.1) is 18.8 Å². The van der Waals surface area contributed by atoms with Gasteiger partial charge in [0.1, 0.15) is 11.5 Å². The van der Waals surface area contributed by atoms with Gasteiger partial charge in [-0.2, -0.15) is 0 Å². The fraction of sp³-hybridized carbons (Fsp3) is 0.615. The first-order valence-corrected chi connectivity index (χ1v) is 6.15. The van der Waals surface area contributed by atoms with E-state index in [0.29, 0.717) is 5.92 Å². The summed E-state index contributed by atoms with van der Waals surface area (Å²) in [6, 6.07) is 3.76. The summed E-state index contributed by atoms with van der Waals surface area (Å²) in [6.45, 7) is 7.73. The van der Waals surface area contributed by atoms with Gasteiger partial charge in [-0.25, -0.2) is 0 Å². The summed E-state index contributed by atoms with van der Waals surface area (Å²) >= 11 is 0. The lowest BCUT2D eigenvalue weighted by atomic mass is 9.88. The largest absolute Gasteiger partial charge is 0.464 e. The Morgan fingerprint density at radius 1 is 1.47 bits per heavy atom. The number of hydrogen-bond acceptors (Lipinski definition) is 3. The van der Waals surface area contributed by atoms with Crippen LogP contribution in [0.4, 0.5) is 0 Å². The minimum absolute atomic E-state index is 0.0633. The van der Waals surface area contributed by atoms with Crippen molar-refractivity contribution in [2.24, 2.45) is 11.8 Å². The molecular formula is C13H20N2O2. The zero-order chi connectivity index (χ0) is 12.4. The maximum atomic E-state index is 12.0. The van der Waals surface area contributed by atoms with Crippen molar-refractivity contribution in [2.45, 2.75) is 26.8 Å². The third kappa shape index (κ3) is 2.69. The average molecular weight is 236 g/mol. The average Bonchev–Trinajstić information content (AvgIpc) is 2.62. The quantitative estimate of drug-likeness (QED) is 0.835. The van der Waals surface area contributed by atoms with Crippen molar-refractivity contribution >= 4 is 5.91 Å². The first-order valence-electron chi connectivity index (χ1n) is 6.15. The molecule has 2 atom stereocenters. The maximum absolute atomic E-state index is 12.0. The van der Waals surface area contributed by atoms with Crippen LogP contribution in [0.2, 0.25) is 0 Å². The molecule has 1 aromatic heterocycles. The van der Waals surface area contributed by atoms with Crippen molar-refractivity contribution in [3.63, 3.8) is 0 Å². The molecule has 2 unspecified atom stereocenters. The zero-order valence-corrected chi connectivity index (χ0v) is 10.6. The van der Waals surface area contributed by atoms with Crippen LogP contribution in [0.25, 0.3) is 0 Å². The van der Waals surface area contributed by atoms with Crippen molar-refractivity contribution < 1.29 is 9.21 Å². The van der Waals surface area contributed by atoms with Gasteiger partial charge in [-0.15, -0.1) is 0 Å². The summed E-state index contributed by atoms with van der Waals surface area (Å²) in [4.78, 5) is 12.0. The van der Waals surface area contributed by atoms with E-state index >= 15 is 0 Å². The topological polar surface area (TPSA) is 54.3 Å². The Hall–Kier alpha value is -1.29. The predicted octanol–water partition coefficient (Wildman–Crippen LogP) is 1.62. The molecule has 4 heteroatoms. The second-order valence-corrected chi connectivity index (χ2v) is 4.89. The molecule has 1 aliphatic heterocycles. The number of carbonyl (C=O) groups is 1. The van der Waals surface area contributed by atoms with E-state index in [1.807, 2.05) is 32.9 Å². The molecule has 1 aromatic rings. The van der Waals surface area contributed by atoms with Crippen LogP contribution in [0.5, 0.6) is 0 Å². The van der Waals surface area contributed by atoms with Gasteiger partial charge in [0.25, 0.3) is 0 Å². The van der Waals surface area contributed by atoms with Gasteiger partial charge < -0.3 is 15.1 Å². The molecule has 0 aliphatic carbocycles. The lowest BCUT2D eigenvalue weighted by molar-refractivity contribution is -0.127. The highest BCUT2D eigenvalue weighted by Crippen LogP contribution is 2.19. The van der Waals surface area contributed by atoms with Crippen molar-refractivity contribution in [2.75, 3.05) is 13.1 Å². The molecule has 2 rings (SSSR count). The number of amides is 1. The number of furan rings is 1. The van der Waals surface area contributed by atoms with E-state index in [9.17, 15) is 4.79 Å². The minimum Gasteiger partial charge on any atom is -0.464 e. The maximum Gasteiger partial charge on any atom is 0.223 e. The highest BCUT2D eigenvalue weighted by Gasteiger charge is 2.29. The van der Waals surface area contributed by atoms with E-state index in [4.69, 9.17) is 4.42 Å². The van der Waals surface area contributed by atoms with Gasteiger partial charge in [0.05, 0.1) is 6.04 Å². The molecule has 0 spiro atoms. The minimum atomic E-state index is -0.0633. The first-order chi connectivity index (χ1) is 8.08. The van der Waals surface area contributed by atoms with Gasteiger partial charge >= 0.3 is 0 Å². The standard InChI is InChI=1S/C13H20N2O2/c1-8-4-5-12(17-8)10(3)15-13(16)9(2)11-6-14-7-11/h4-5,9-11,14H,6-7H2,1-3H3,(H,15,16). The molecule has 2 N–H and O–H groups in total. The summed E-state index contributed by atoms with van der Waals surface area (Å²) in [5, 5.41) is 6.18. The van der Waals surface area contributed by atoms with E-state index in [1.54, 1.807) is 0 Å². The molecule has 0 aromatic carbocycles. The van der Waals surface area contributed by atoms with Gasteiger partial charge in [0.15, 0.2) is 0 Å². The first kappa shape index (κ1) is 12.2. The molecule has 2 heterocycles. The number of hydrogen-bond donors (Lipinski definition) is 2. The van der Waals surface area contributed by atoms with E-state index in [1.165, 1.54) is 0 Å². The molecule has 94 valence electrons. The molecule has 1 aliphatic rings. The summed E-state index contributed by atoms with van der Waals surface area (Å²) in [7, 11) is 0. The molecule has 0 saturated carbocycles. The highest BCUT2D eigenvalue weighted by atomic mass is 16.3. The third-order valence-corrected chi connectivity index (χ3v) is 3.48. The predicted molar refractivity (Wildman–Crippen MR) is 65.5 cm³/mol. The second kappa shape index (κ2) is 4.92. The van der Waals surface area contributed by atoms with E-state index in [0.717, 1.165) is 24.6 Å². The van der Waals surface area contributed by atoms with E-state index in [2.05, 4.69) is 10.6 Å². The Kier molecular flexibility index (Phi) is 3.52. The smallest absolute Gasteiger partial charge is 0.223 e. The lowest BCUT2D eigenvalue weighted by Gasteiger charge is -2.32. The van der Waals surface area contributed by atoms with Gasteiger partial charge in [0.2, 0.25) is 5.91 Å². The zero-order valence-electron chi connectivity index (χ0n) is 10.6. The fourth-order valence-electron chi connectivity index (χ4n) is 1.98. The van der Waals surface area contributed by atoms with Gasteiger partial charge in [-0.1, -0.05) is 6.92 Å². The van der Waals surface area contributed by atoms with E-state index in [-0.39, 0.29) is 17.9 Å². The third-order valence-electron chi connectivity index (χ3n) is 3.48. The Morgan fingerprint density at radius 3 is 2.65 bits per heavy atom. The second-order valence-electron chi connectivity index (χ2n) is 4.89. The van der Waals surface area contributed by atoms with Crippen molar-refractivity contribution in [1.29, 1.82) is 0 Å². The molecule has 1 amide bonds. The number of rotatable bonds is 4. The van der Waals surface area contributed by atoms with Crippen LogP contribution in [-0.2, 0) is 4.79 Å². The van der Waals surface area contributed by atoms with Gasteiger partial charge in [0, 0.05) is 5.92 Å². The lowest BCUT2D eigenvalue weighted by Crippen LogP contribution is -2.49. The van der Waals surface area contributed by atoms with Crippen molar-refractivity contribution in [1.82, 2.24) is 10.6 Å². The Bertz CT molecular complexity index is 396. The van der Waals surface area contributed by atoms with Crippen LogP contribution >= 0.6 is 0 Å². The Labute approximate surface area is 102 Å². The molecule has 0 radical (unpaired) electrons. The monoisotopic (exact) mass is 236 g/mol. The SMILES string of the molecule is Cc1ccc(C(C)NC(=O)C(C)C2CNC2)o1. The van der Waals surface area contributed by atoms with Crippen LogP contribution < -0.4 is 10.6 Å². The summed E-state index contributed by atoms with van der Waals surface area (Å²) < 4.78 is 5.50. The number of aryl methyl sites for hydroxylation is 1. The highest BCUT2D eigenvalue weighted by molar-refractivity contribution is 5.79. The van der Waals surface area contributed by atoms with Gasteiger partial charge in [-0.3, -0.25) is 4.79 Å². The van der Waals surface area contributed by atoms with Crippen LogP contribution in [-0.4, -0.2) is 19.0 Å². The molecule has 1 saturated heterocycles. The normalized spacial score (nSPS) is 19.5. The Morgan fingerprint density at radius 2 is 2.18 bits per heavy atom. The fourth-order valence-corrected chi connectivity index (χ4v) is 1.98. The van der Waals surface area contributed by atoms with Crippen molar-refractivity contribution in [3.05, 3.63) is 23.7 Å². The van der Waals surface area contributed by atoms with Crippen LogP contribution in [0.1, 0.15) is 31.4 Å². The Balaban J connectivity index is 1.89. The van der Waals surface area contributed by atoms with Crippen molar-refractivity contribution in [3.8, 4) is 0 Å². The molecule has 1 fully saturated rings. The van der Waals surface area contributed by atoms with E-state index < -0.39 is 0 Å². The molecule has 17 heavy (non-hydrogen) atoms. The van der Waals surface area contributed by atoms with Crippen LogP contribution in [0.15, 0.2) is 16.5 Å². The van der Waals surface area contributed by atoms with Gasteiger partial charge in [-0.05, 0) is 45.0 Å².